The molecule has 0 saturated heterocycles. The third kappa shape index (κ3) is 3.75. The van der Waals surface area contributed by atoms with Crippen molar-refractivity contribution in [2.75, 3.05) is 7.11 Å². The third-order valence-corrected chi connectivity index (χ3v) is 3.38. The number of amides is 1. The summed E-state index contributed by atoms with van der Waals surface area (Å²) in [6.45, 7) is 2.99. The molecule has 0 unspecified atom stereocenters. The van der Waals surface area contributed by atoms with Crippen molar-refractivity contribution in [2.45, 2.75) is 13.8 Å². The first-order valence-electron chi connectivity index (χ1n) is 6.85. The molecule has 8 heteroatoms. The summed E-state index contributed by atoms with van der Waals surface area (Å²) >= 11 is 5.87. The Morgan fingerprint density at radius 3 is 2.71 bits per heavy atom. The average Bonchev–Trinajstić information content (AvgIpc) is 2.51. The summed E-state index contributed by atoms with van der Waals surface area (Å²) in [5.41, 5.74) is 1.69. The maximum Gasteiger partial charge on any atom is 0.348 e. The SMILES string of the molecule is COc1ccc(Cl)cc1C(=O)N/N=C(/C)c1c(O)cc(C)oc1=O. The van der Waals surface area contributed by atoms with Crippen LogP contribution >= 0.6 is 11.6 Å². The van der Waals surface area contributed by atoms with E-state index in [1.807, 2.05) is 0 Å². The van der Waals surface area contributed by atoms with E-state index in [-0.39, 0.29) is 28.3 Å². The molecule has 126 valence electrons. The number of carbonyl (C=O) groups is 1. The van der Waals surface area contributed by atoms with Crippen LogP contribution in [0, 0.1) is 6.92 Å². The van der Waals surface area contributed by atoms with Gasteiger partial charge < -0.3 is 14.3 Å². The molecule has 0 fully saturated rings. The van der Waals surface area contributed by atoms with Crippen LogP contribution < -0.4 is 15.8 Å². The van der Waals surface area contributed by atoms with Crippen LogP contribution in [-0.4, -0.2) is 23.8 Å². The molecule has 0 saturated carbocycles. The fraction of sp³-hybridized carbons (Fsp3) is 0.188. The minimum Gasteiger partial charge on any atom is -0.507 e. The molecule has 2 rings (SSSR count). The Balaban J connectivity index is 2.30. The molecule has 1 aromatic heterocycles. The van der Waals surface area contributed by atoms with Gasteiger partial charge in [0, 0.05) is 11.1 Å². The van der Waals surface area contributed by atoms with E-state index in [0.717, 1.165) is 0 Å². The largest absolute Gasteiger partial charge is 0.507 e. The Bertz CT molecular complexity index is 873. The number of hydrogen-bond donors (Lipinski definition) is 2. The van der Waals surface area contributed by atoms with Crippen molar-refractivity contribution < 1.29 is 19.1 Å². The molecule has 1 amide bonds. The van der Waals surface area contributed by atoms with Crippen LogP contribution in [0.3, 0.4) is 0 Å². The van der Waals surface area contributed by atoms with Crippen LogP contribution in [0.4, 0.5) is 0 Å². The molecule has 0 aliphatic carbocycles. The highest BCUT2D eigenvalue weighted by Gasteiger charge is 2.15. The summed E-state index contributed by atoms with van der Waals surface area (Å²) in [7, 11) is 1.42. The second kappa shape index (κ2) is 7.18. The molecule has 7 nitrogen and oxygen atoms in total. The van der Waals surface area contributed by atoms with Crippen LogP contribution in [0.1, 0.15) is 28.6 Å². The van der Waals surface area contributed by atoms with Gasteiger partial charge in [-0.25, -0.2) is 10.2 Å². The number of rotatable bonds is 4. The van der Waals surface area contributed by atoms with Gasteiger partial charge in [0.2, 0.25) is 0 Å². The maximum absolute atomic E-state index is 12.2. The van der Waals surface area contributed by atoms with Crippen molar-refractivity contribution in [1.29, 1.82) is 0 Å². The van der Waals surface area contributed by atoms with Crippen LogP contribution in [0.2, 0.25) is 5.02 Å². The Kier molecular flexibility index (Phi) is 5.25. The number of halogens is 1. The zero-order valence-corrected chi connectivity index (χ0v) is 14.0. The average molecular weight is 351 g/mol. The van der Waals surface area contributed by atoms with E-state index >= 15 is 0 Å². The molecule has 2 N–H and O–H groups in total. The zero-order chi connectivity index (χ0) is 17.9. The summed E-state index contributed by atoms with van der Waals surface area (Å²) in [6, 6.07) is 5.85. The Morgan fingerprint density at radius 1 is 1.38 bits per heavy atom. The van der Waals surface area contributed by atoms with E-state index in [0.29, 0.717) is 10.8 Å². The molecule has 1 aromatic carbocycles. The lowest BCUT2D eigenvalue weighted by molar-refractivity contribution is 0.0951. The summed E-state index contributed by atoms with van der Waals surface area (Å²) < 4.78 is 10.00. The van der Waals surface area contributed by atoms with Gasteiger partial charge in [0.25, 0.3) is 5.91 Å². The lowest BCUT2D eigenvalue weighted by Gasteiger charge is -2.08. The number of nitrogens with zero attached hydrogens (tertiary/aromatic N) is 1. The van der Waals surface area contributed by atoms with Gasteiger partial charge in [-0.05, 0) is 32.0 Å². The van der Waals surface area contributed by atoms with Crippen molar-refractivity contribution in [3.63, 3.8) is 0 Å². The lowest BCUT2D eigenvalue weighted by Crippen LogP contribution is -2.22. The summed E-state index contributed by atoms with van der Waals surface area (Å²) in [6.07, 6.45) is 0. The molecule has 1 heterocycles. The minimum atomic E-state index is -0.747. The number of benzene rings is 1. The van der Waals surface area contributed by atoms with Gasteiger partial charge in [0.1, 0.15) is 22.8 Å². The smallest absolute Gasteiger partial charge is 0.348 e. The van der Waals surface area contributed by atoms with Gasteiger partial charge in [-0.3, -0.25) is 4.79 Å². The third-order valence-electron chi connectivity index (χ3n) is 3.15. The molecular formula is C16H15ClN2O5. The topological polar surface area (TPSA) is 101 Å². The molecule has 0 spiro atoms. The normalized spacial score (nSPS) is 11.2. The molecule has 0 radical (unpaired) electrons. The number of aromatic hydroxyl groups is 1. The first kappa shape index (κ1) is 17.6. The maximum atomic E-state index is 12.2. The van der Waals surface area contributed by atoms with Gasteiger partial charge >= 0.3 is 5.63 Å². The van der Waals surface area contributed by atoms with Crippen LogP contribution in [0.5, 0.6) is 11.5 Å². The first-order chi connectivity index (χ1) is 11.3. The van der Waals surface area contributed by atoms with Gasteiger partial charge in [0.05, 0.1) is 18.4 Å². The number of hydrazone groups is 1. The second-order valence-corrected chi connectivity index (χ2v) is 5.32. The van der Waals surface area contributed by atoms with Gasteiger partial charge in [0.15, 0.2) is 0 Å². The van der Waals surface area contributed by atoms with Gasteiger partial charge in [-0.2, -0.15) is 5.10 Å². The number of nitrogens with one attached hydrogen (secondary N) is 1. The number of carbonyl (C=O) groups excluding carboxylic acids is 1. The highest BCUT2D eigenvalue weighted by atomic mass is 35.5. The predicted molar refractivity (Wildman–Crippen MR) is 89.1 cm³/mol. The van der Waals surface area contributed by atoms with E-state index in [1.54, 1.807) is 12.1 Å². The fourth-order valence-corrected chi connectivity index (χ4v) is 2.21. The Hall–Kier alpha value is -2.80. The number of ether oxygens (including phenoxy) is 1. The predicted octanol–water partition coefficient (Wildman–Crippen LogP) is 2.47. The molecule has 0 aliphatic rings. The van der Waals surface area contributed by atoms with Gasteiger partial charge in [-0.1, -0.05) is 11.6 Å². The first-order valence-corrected chi connectivity index (χ1v) is 7.23. The standard InChI is InChI=1S/C16H15ClN2O5/c1-8-6-12(20)14(16(22)24-8)9(2)18-19-15(21)11-7-10(17)4-5-13(11)23-3/h4-7,20H,1-3H3,(H,19,21)/b18-9-. The Labute approximate surface area is 142 Å². The van der Waals surface area contributed by atoms with E-state index < -0.39 is 11.5 Å². The summed E-state index contributed by atoms with van der Waals surface area (Å²) in [5.74, 6) is -0.270. The van der Waals surface area contributed by atoms with E-state index in [2.05, 4.69) is 10.5 Å². The minimum absolute atomic E-state index is 0.0931. The quantitative estimate of drug-likeness (QED) is 0.651. The number of methoxy groups -OCH3 is 1. The monoisotopic (exact) mass is 350 g/mol. The molecule has 0 bridgehead atoms. The summed E-state index contributed by atoms with van der Waals surface area (Å²) in [5, 5.41) is 14.0. The zero-order valence-electron chi connectivity index (χ0n) is 13.2. The second-order valence-electron chi connectivity index (χ2n) is 4.89. The van der Waals surface area contributed by atoms with Crippen molar-refractivity contribution >= 4 is 23.2 Å². The van der Waals surface area contributed by atoms with E-state index in [4.69, 9.17) is 20.8 Å². The summed E-state index contributed by atoms with van der Waals surface area (Å²) in [4.78, 5) is 24.0. The molecular weight excluding hydrogens is 336 g/mol. The number of hydrogen-bond acceptors (Lipinski definition) is 6. The van der Waals surface area contributed by atoms with E-state index in [9.17, 15) is 14.7 Å². The lowest BCUT2D eigenvalue weighted by atomic mass is 10.2. The van der Waals surface area contributed by atoms with Crippen molar-refractivity contribution in [2.24, 2.45) is 5.10 Å². The molecule has 2 aromatic rings. The molecule has 0 atom stereocenters. The van der Waals surface area contributed by atoms with Crippen LogP contribution in [-0.2, 0) is 0 Å². The highest BCUT2D eigenvalue weighted by molar-refractivity contribution is 6.31. The van der Waals surface area contributed by atoms with Crippen molar-refractivity contribution in [3.8, 4) is 11.5 Å². The Morgan fingerprint density at radius 2 is 2.08 bits per heavy atom. The van der Waals surface area contributed by atoms with Crippen molar-refractivity contribution in [1.82, 2.24) is 5.43 Å². The van der Waals surface area contributed by atoms with E-state index in [1.165, 1.54) is 33.1 Å². The number of aryl methyl sites for hydroxylation is 1. The van der Waals surface area contributed by atoms with Gasteiger partial charge in [-0.15, -0.1) is 0 Å². The van der Waals surface area contributed by atoms with Crippen LogP contribution in [0.15, 0.2) is 38.6 Å². The fourth-order valence-electron chi connectivity index (χ4n) is 2.04. The van der Waals surface area contributed by atoms with Crippen LogP contribution in [0.25, 0.3) is 0 Å². The molecule has 0 aliphatic heterocycles. The highest BCUT2D eigenvalue weighted by Crippen LogP contribution is 2.22. The van der Waals surface area contributed by atoms with Crippen molar-refractivity contribution in [3.05, 3.63) is 56.6 Å². The molecule has 24 heavy (non-hydrogen) atoms.